The van der Waals surface area contributed by atoms with Crippen LogP contribution in [0.15, 0.2) is 12.2 Å². The lowest BCUT2D eigenvalue weighted by Gasteiger charge is -2.41. The monoisotopic (exact) mass is 1030 g/mol. The molecule has 8 N–H and O–H groups in total. The van der Waals surface area contributed by atoms with Gasteiger partial charge in [0.1, 0.15) is 36.6 Å². The summed E-state index contributed by atoms with van der Waals surface area (Å²) in [6.45, 7) is 3.88. The lowest BCUT2D eigenvalue weighted by molar-refractivity contribution is -0.220. The van der Waals surface area contributed by atoms with Gasteiger partial charge in [0, 0.05) is 6.42 Å². The first-order valence-corrected chi connectivity index (χ1v) is 31.6. The molecule has 0 saturated heterocycles. The lowest BCUT2D eigenvalue weighted by Crippen LogP contribution is -2.64. The first-order valence-electron chi connectivity index (χ1n) is 30.1. The highest BCUT2D eigenvalue weighted by atomic mass is 31.2. The molecule has 0 aromatic carbocycles. The maximum atomic E-state index is 13.0. The summed E-state index contributed by atoms with van der Waals surface area (Å²) < 4.78 is 23.0. The first-order chi connectivity index (χ1) is 34.4. The van der Waals surface area contributed by atoms with E-state index in [0.717, 1.165) is 44.9 Å². The molecule has 13 heteroatoms. The predicted molar refractivity (Wildman–Crippen MR) is 292 cm³/mol. The molecule has 12 nitrogen and oxygen atoms in total. The van der Waals surface area contributed by atoms with Crippen molar-refractivity contribution >= 4 is 13.7 Å². The minimum absolute atomic E-state index is 0.219. The fourth-order valence-corrected chi connectivity index (χ4v) is 10.9. The van der Waals surface area contributed by atoms with E-state index in [1.54, 1.807) is 6.08 Å². The van der Waals surface area contributed by atoms with E-state index in [0.29, 0.717) is 6.42 Å². The van der Waals surface area contributed by atoms with Crippen LogP contribution in [-0.2, 0) is 18.4 Å². The molecule has 0 spiro atoms. The van der Waals surface area contributed by atoms with Gasteiger partial charge in [0.05, 0.1) is 18.8 Å². The third-order valence-electron chi connectivity index (χ3n) is 14.8. The average Bonchev–Trinajstić information content (AvgIpc) is 3.35. The molecule has 422 valence electrons. The molecule has 9 atom stereocenters. The quantitative estimate of drug-likeness (QED) is 0.0163. The van der Waals surface area contributed by atoms with Gasteiger partial charge in [-0.3, -0.25) is 13.8 Å². The third-order valence-corrected chi connectivity index (χ3v) is 15.8. The molecule has 1 aliphatic carbocycles. The Kier molecular flexibility index (Phi) is 45.6. The van der Waals surface area contributed by atoms with Crippen molar-refractivity contribution in [1.29, 1.82) is 0 Å². The van der Waals surface area contributed by atoms with Gasteiger partial charge in [0.15, 0.2) is 0 Å². The minimum Gasteiger partial charge on any atom is -0.387 e. The number of phosphoric acid groups is 1. The molecule has 6 unspecified atom stereocenters. The fraction of sp³-hybridized carbons (Fsp3) is 0.948. The van der Waals surface area contributed by atoms with Crippen LogP contribution < -0.4 is 5.32 Å². The lowest BCUT2D eigenvalue weighted by atomic mass is 9.85. The Morgan fingerprint density at radius 2 is 0.746 bits per heavy atom. The molecular weight excluding hydrogens is 918 g/mol. The van der Waals surface area contributed by atoms with E-state index in [1.807, 2.05) is 6.08 Å². The number of rotatable bonds is 52. The van der Waals surface area contributed by atoms with E-state index in [2.05, 4.69) is 19.2 Å². The van der Waals surface area contributed by atoms with Crippen LogP contribution in [-0.4, -0.2) is 96.8 Å². The van der Waals surface area contributed by atoms with Crippen LogP contribution in [0.5, 0.6) is 0 Å². The summed E-state index contributed by atoms with van der Waals surface area (Å²) in [5.74, 6) is -0.334. The molecule has 1 saturated carbocycles. The molecule has 0 aliphatic heterocycles. The van der Waals surface area contributed by atoms with Crippen LogP contribution in [0.2, 0.25) is 0 Å². The molecule has 0 heterocycles. The van der Waals surface area contributed by atoms with E-state index in [-0.39, 0.29) is 12.3 Å². The molecule has 0 bridgehead atoms. The smallest absolute Gasteiger partial charge is 0.387 e. The van der Waals surface area contributed by atoms with Crippen LogP contribution >= 0.6 is 7.82 Å². The summed E-state index contributed by atoms with van der Waals surface area (Å²) >= 11 is 0. The molecule has 1 aliphatic rings. The van der Waals surface area contributed by atoms with Gasteiger partial charge < -0.3 is 40.8 Å². The zero-order valence-corrected chi connectivity index (χ0v) is 46.7. The summed E-state index contributed by atoms with van der Waals surface area (Å²) in [4.78, 5) is 23.5. The molecule has 0 aromatic rings. The Labute approximate surface area is 435 Å². The Morgan fingerprint density at radius 3 is 1.07 bits per heavy atom. The predicted octanol–water partition coefficient (Wildman–Crippen LogP) is 13.9. The van der Waals surface area contributed by atoms with Crippen molar-refractivity contribution in [3.63, 3.8) is 0 Å². The maximum absolute atomic E-state index is 13.0. The average molecular weight is 1030 g/mol. The van der Waals surface area contributed by atoms with Gasteiger partial charge in [-0.25, -0.2) is 4.57 Å². The zero-order chi connectivity index (χ0) is 52.1. The number of carbonyl (C=O) groups excluding carboxylic acids is 1. The number of phosphoric ester groups is 1. The molecule has 1 amide bonds. The molecule has 1 fully saturated rings. The number of hydrogen-bond donors (Lipinski definition) is 8. The van der Waals surface area contributed by atoms with Gasteiger partial charge in [0.2, 0.25) is 5.91 Å². The minimum atomic E-state index is -5.08. The standard InChI is InChI=1S/C58H114NO11P/c1-3-5-7-9-11-13-15-17-19-20-21-22-23-24-25-26-27-28-29-30-31-32-33-34-36-38-40-42-44-46-48-52(61)59-50(49-69-71(67,68)70-58-56(65)54(63)53(62)55(64)57(58)66)51(60)47-45-43-41-39-37-35-18-16-14-12-10-8-6-4-2/h45,47,50-51,53-58,60,62-66H,3-44,46,48-49H2,1-2H3,(H,59,61)(H,67,68)/b47-45+/t50-,51+,53?,54+,55?,56?,57?,58?/m0/s1. The van der Waals surface area contributed by atoms with Gasteiger partial charge >= 0.3 is 7.82 Å². The van der Waals surface area contributed by atoms with Gasteiger partial charge in [-0.2, -0.15) is 0 Å². The van der Waals surface area contributed by atoms with E-state index in [9.17, 15) is 44.9 Å². The first kappa shape index (κ1) is 68.1. The fourth-order valence-electron chi connectivity index (χ4n) is 9.97. The van der Waals surface area contributed by atoms with Crippen molar-refractivity contribution in [2.45, 2.75) is 345 Å². The van der Waals surface area contributed by atoms with Gasteiger partial charge in [0.25, 0.3) is 0 Å². The van der Waals surface area contributed by atoms with Crippen LogP contribution in [0.1, 0.15) is 296 Å². The Bertz CT molecular complexity index is 1250. The highest BCUT2D eigenvalue weighted by molar-refractivity contribution is 7.47. The largest absolute Gasteiger partial charge is 0.472 e. The SMILES string of the molecule is CCCCCCCCCCCCCC/C=C/[C@@H](O)[C@H](COP(=O)(O)OC1C(O)C(O)C(O)[C@@H](O)C1O)NC(=O)CCCCCCCCCCCCCCCCCCCCCCCCCCCCCCCC. The summed E-state index contributed by atoms with van der Waals surface area (Å²) in [5.41, 5.74) is 0. The highest BCUT2D eigenvalue weighted by Crippen LogP contribution is 2.47. The number of nitrogens with one attached hydrogen (secondary N) is 1. The zero-order valence-electron chi connectivity index (χ0n) is 45.8. The Balaban J connectivity index is 2.23. The molecule has 0 radical (unpaired) electrons. The summed E-state index contributed by atoms with van der Waals surface area (Å²) in [6, 6.07) is -1.11. The second-order valence-electron chi connectivity index (χ2n) is 21.6. The Hall–Kier alpha value is -0.920. The highest BCUT2D eigenvalue weighted by Gasteiger charge is 2.51. The third kappa shape index (κ3) is 38.3. The molecule has 1 rings (SSSR count). The maximum Gasteiger partial charge on any atom is 0.472 e. The second-order valence-corrected chi connectivity index (χ2v) is 23.0. The van der Waals surface area contributed by atoms with Crippen LogP contribution in [0.4, 0.5) is 0 Å². The van der Waals surface area contributed by atoms with E-state index in [4.69, 9.17) is 9.05 Å². The normalized spacial score (nSPS) is 21.2. The van der Waals surface area contributed by atoms with Gasteiger partial charge in [-0.1, -0.05) is 283 Å². The van der Waals surface area contributed by atoms with Crippen molar-refractivity contribution in [2.24, 2.45) is 0 Å². The number of amides is 1. The van der Waals surface area contributed by atoms with Crippen molar-refractivity contribution in [1.82, 2.24) is 5.32 Å². The van der Waals surface area contributed by atoms with Gasteiger partial charge in [-0.05, 0) is 19.3 Å². The van der Waals surface area contributed by atoms with Crippen LogP contribution in [0, 0.1) is 0 Å². The van der Waals surface area contributed by atoms with Crippen molar-refractivity contribution in [3.05, 3.63) is 12.2 Å². The number of aliphatic hydroxyl groups excluding tert-OH is 6. The number of aliphatic hydroxyl groups is 6. The summed E-state index contributed by atoms with van der Waals surface area (Å²) in [6.07, 6.45) is 46.0. The molecular formula is C58H114NO11P. The van der Waals surface area contributed by atoms with Crippen LogP contribution in [0.3, 0.4) is 0 Å². The topological polar surface area (TPSA) is 206 Å². The van der Waals surface area contributed by atoms with Crippen molar-refractivity contribution in [3.8, 4) is 0 Å². The number of hydrogen-bond acceptors (Lipinski definition) is 10. The second kappa shape index (κ2) is 47.5. The Morgan fingerprint density at radius 1 is 0.465 bits per heavy atom. The number of allylic oxidation sites excluding steroid dienone is 1. The van der Waals surface area contributed by atoms with E-state index >= 15 is 0 Å². The van der Waals surface area contributed by atoms with E-state index in [1.165, 1.54) is 225 Å². The van der Waals surface area contributed by atoms with Crippen molar-refractivity contribution in [2.75, 3.05) is 6.61 Å². The molecule has 0 aromatic heterocycles. The molecule has 71 heavy (non-hydrogen) atoms. The number of unbranched alkanes of at least 4 members (excludes halogenated alkanes) is 41. The summed E-state index contributed by atoms with van der Waals surface area (Å²) in [7, 11) is -5.08. The van der Waals surface area contributed by atoms with Gasteiger partial charge in [-0.15, -0.1) is 0 Å². The van der Waals surface area contributed by atoms with E-state index < -0.39 is 63.2 Å². The number of carbonyl (C=O) groups is 1. The van der Waals surface area contributed by atoms with Crippen molar-refractivity contribution < 1.29 is 53.9 Å². The summed E-state index contributed by atoms with van der Waals surface area (Å²) in [5, 5.41) is 64.3. The van der Waals surface area contributed by atoms with Crippen LogP contribution in [0.25, 0.3) is 0 Å².